The SMILES string of the molecule is c1ccc(-c2ccc3c(c2)N(c2c(-c4ccccc4)cncc2-c2ccccc2)c2cc(-n4c5cc(-c6ccccc6)ccc5c5ccc(-c6ccccc6)cc54)cc4c2B3c2ccc(-c3ccccc3)cc2N4c2c(-c3ccccc3)cncc2-c2ccccc2)cc1. The Morgan fingerprint density at radius 2 is 0.511 bits per heavy atom. The van der Waals surface area contributed by atoms with Crippen LogP contribution in [0.1, 0.15) is 0 Å². The highest BCUT2D eigenvalue weighted by Crippen LogP contribution is 2.54. The summed E-state index contributed by atoms with van der Waals surface area (Å²) >= 11 is 0. The number of nitrogens with zero attached hydrogens (tertiary/aromatic N) is 5. The van der Waals surface area contributed by atoms with Crippen molar-refractivity contribution in [2.75, 3.05) is 9.80 Å². The lowest BCUT2D eigenvalue weighted by Gasteiger charge is -2.46. The van der Waals surface area contributed by atoms with E-state index < -0.39 is 0 Å². The first kappa shape index (κ1) is 54.5. The summed E-state index contributed by atoms with van der Waals surface area (Å²) < 4.78 is 2.56. The highest BCUT2D eigenvalue weighted by Gasteiger charge is 2.46. The Bertz CT molecular complexity index is 5080. The molecule has 0 saturated heterocycles. The Labute approximate surface area is 547 Å². The van der Waals surface area contributed by atoms with Gasteiger partial charge in [-0.3, -0.25) is 9.97 Å². The van der Waals surface area contributed by atoms with Gasteiger partial charge in [-0.15, -0.1) is 0 Å². The molecule has 2 aliphatic rings. The first-order valence-corrected chi connectivity index (χ1v) is 32.2. The molecule has 0 saturated carbocycles. The average Bonchev–Trinajstić information content (AvgIpc) is 0.795. The lowest BCUT2D eigenvalue weighted by atomic mass is 9.33. The molecule has 0 amide bonds. The fourth-order valence-corrected chi connectivity index (χ4v) is 14.8. The van der Waals surface area contributed by atoms with Crippen LogP contribution < -0.4 is 26.2 Å². The predicted molar refractivity (Wildman–Crippen MR) is 394 cm³/mol. The van der Waals surface area contributed by atoms with Gasteiger partial charge in [0.2, 0.25) is 0 Å². The van der Waals surface area contributed by atoms with Gasteiger partial charge >= 0.3 is 0 Å². The molecule has 13 aromatic carbocycles. The molecule has 0 spiro atoms. The lowest BCUT2D eigenvalue weighted by molar-refractivity contribution is 1.16. The number of anilines is 6. The van der Waals surface area contributed by atoms with Crippen molar-refractivity contribution in [3.8, 4) is 94.7 Å². The second-order valence-corrected chi connectivity index (χ2v) is 24.4. The smallest absolute Gasteiger partial charge is 0.252 e. The van der Waals surface area contributed by atoms with E-state index in [1.807, 2.05) is 0 Å². The van der Waals surface area contributed by atoms with E-state index in [2.05, 4.69) is 367 Å². The molecule has 0 atom stereocenters. The van der Waals surface area contributed by atoms with Crippen molar-refractivity contribution < 1.29 is 0 Å². The summed E-state index contributed by atoms with van der Waals surface area (Å²) in [7, 11) is 0. The van der Waals surface area contributed by atoms with Crippen LogP contribution in [0.5, 0.6) is 0 Å². The van der Waals surface area contributed by atoms with Crippen molar-refractivity contribution in [3.05, 3.63) is 352 Å². The number of aromatic nitrogens is 3. The number of fused-ring (bicyclic) bond motifs is 7. The third kappa shape index (κ3) is 9.17. The molecule has 6 heteroatoms. The first-order valence-electron chi connectivity index (χ1n) is 32.2. The highest BCUT2D eigenvalue weighted by molar-refractivity contribution is 7.00. The summed E-state index contributed by atoms with van der Waals surface area (Å²) in [5, 5.41) is 2.34. The second-order valence-electron chi connectivity index (χ2n) is 24.4. The largest absolute Gasteiger partial charge is 0.310 e. The number of benzene rings is 13. The van der Waals surface area contributed by atoms with Gasteiger partial charge in [-0.1, -0.05) is 291 Å². The van der Waals surface area contributed by atoms with Crippen LogP contribution in [-0.4, -0.2) is 21.2 Å². The van der Waals surface area contributed by atoms with E-state index in [4.69, 9.17) is 9.97 Å². The molecule has 5 nitrogen and oxygen atoms in total. The van der Waals surface area contributed by atoms with E-state index in [-0.39, 0.29) is 6.71 Å². The normalized spacial score (nSPS) is 12.2. The van der Waals surface area contributed by atoms with Gasteiger partial charge in [-0.2, -0.15) is 0 Å². The van der Waals surface area contributed by atoms with E-state index in [0.717, 1.165) is 140 Å². The molecular weight excluding hydrogens is 1140 g/mol. The van der Waals surface area contributed by atoms with Crippen LogP contribution in [0.15, 0.2) is 352 Å². The van der Waals surface area contributed by atoms with Crippen molar-refractivity contribution in [2.45, 2.75) is 0 Å². The minimum atomic E-state index is -0.247. The molecule has 438 valence electrons. The zero-order valence-electron chi connectivity index (χ0n) is 51.3. The molecule has 2 aliphatic heterocycles. The standard InChI is InChI=1S/C88H58BN5/c1-9-25-59(26-10-1)67-41-45-72-73-46-42-68(60-27-11-2-12-28-60)50-81(73)92(80(72)49-67)71-53-84-86-85(54-71)94(88-76(65-37-21-7-22-38-65)57-91-58-77(88)66-39-23-8-24-40-66)83-52-70(62-31-15-4-16-32-62)44-48-79(83)89(86)78-47-43-69(61-29-13-3-14-30-61)51-82(78)93(84)87-74(63-33-17-5-18-34-63)55-90-56-75(87)64-35-19-6-20-36-64/h1-58H. The van der Waals surface area contributed by atoms with E-state index in [1.165, 1.54) is 27.2 Å². The van der Waals surface area contributed by atoms with Gasteiger partial charge in [0.05, 0.1) is 28.1 Å². The molecule has 0 radical (unpaired) electrons. The Morgan fingerprint density at radius 3 is 0.819 bits per heavy atom. The van der Waals surface area contributed by atoms with Crippen LogP contribution in [-0.2, 0) is 0 Å². The van der Waals surface area contributed by atoms with Crippen molar-refractivity contribution in [3.63, 3.8) is 0 Å². The van der Waals surface area contributed by atoms with Crippen molar-refractivity contribution in [1.82, 2.24) is 14.5 Å². The minimum Gasteiger partial charge on any atom is -0.310 e. The average molecular weight is 1200 g/mol. The van der Waals surface area contributed by atoms with Crippen LogP contribution in [0.25, 0.3) is 117 Å². The van der Waals surface area contributed by atoms with Crippen LogP contribution in [0.4, 0.5) is 34.1 Å². The summed E-state index contributed by atoms with van der Waals surface area (Å²) in [5.41, 5.74) is 30.6. The summed E-state index contributed by atoms with van der Waals surface area (Å²) in [6.07, 6.45) is 8.30. The topological polar surface area (TPSA) is 37.2 Å². The van der Waals surface area contributed by atoms with E-state index >= 15 is 0 Å². The zero-order chi connectivity index (χ0) is 62.1. The van der Waals surface area contributed by atoms with E-state index in [9.17, 15) is 0 Å². The van der Waals surface area contributed by atoms with Gasteiger partial charge in [-0.05, 0) is 120 Å². The molecule has 94 heavy (non-hydrogen) atoms. The van der Waals surface area contributed by atoms with Gasteiger partial charge in [0, 0.05) is 80.6 Å². The van der Waals surface area contributed by atoms with Crippen LogP contribution >= 0.6 is 0 Å². The fourth-order valence-electron chi connectivity index (χ4n) is 14.8. The molecule has 0 fully saturated rings. The van der Waals surface area contributed by atoms with Gasteiger partial charge in [0.15, 0.2) is 0 Å². The third-order valence-corrected chi connectivity index (χ3v) is 19.1. The third-order valence-electron chi connectivity index (χ3n) is 19.1. The maximum absolute atomic E-state index is 5.17. The van der Waals surface area contributed by atoms with Gasteiger partial charge in [0.1, 0.15) is 0 Å². The Morgan fingerprint density at radius 1 is 0.234 bits per heavy atom. The molecule has 16 aromatic rings. The molecular formula is C88H58BN5. The second kappa shape index (κ2) is 22.8. The number of hydrogen-bond donors (Lipinski definition) is 0. The molecule has 0 unspecified atom stereocenters. The van der Waals surface area contributed by atoms with Crippen LogP contribution in [0.2, 0.25) is 0 Å². The van der Waals surface area contributed by atoms with Crippen molar-refractivity contribution in [1.29, 1.82) is 0 Å². The predicted octanol–water partition coefficient (Wildman–Crippen LogP) is 21.0. The Hall–Kier alpha value is -12.4. The Kier molecular flexibility index (Phi) is 13.3. The number of pyridine rings is 2. The van der Waals surface area contributed by atoms with Crippen molar-refractivity contribution >= 4 is 79.0 Å². The Balaban J connectivity index is 1.05. The van der Waals surface area contributed by atoms with Gasteiger partial charge < -0.3 is 14.4 Å². The summed E-state index contributed by atoms with van der Waals surface area (Å²) in [6, 6.07) is 120. The summed E-state index contributed by atoms with van der Waals surface area (Å²) in [5.74, 6) is 0. The monoisotopic (exact) mass is 1200 g/mol. The maximum atomic E-state index is 5.17. The molecule has 18 rings (SSSR count). The molecule has 5 heterocycles. The molecule has 0 N–H and O–H groups in total. The van der Waals surface area contributed by atoms with Gasteiger partial charge in [0.25, 0.3) is 6.71 Å². The number of hydrogen-bond acceptors (Lipinski definition) is 4. The molecule has 0 bridgehead atoms. The first-order chi connectivity index (χ1) is 46.7. The highest BCUT2D eigenvalue weighted by atomic mass is 15.2. The maximum Gasteiger partial charge on any atom is 0.252 e. The van der Waals surface area contributed by atoms with Crippen LogP contribution in [0.3, 0.4) is 0 Å². The minimum absolute atomic E-state index is 0.247. The quantitative estimate of drug-likeness (QED) is 0.121. The van der Waals surface area contributed by atoms with E-state index in [0.29, 0.717) is 0 Å². The molecule has 0 aliphatic carbocycles. The fraction of sp³-hybridized carbons (Fsp3) is 0. The van der Waals surface area contributed by atoms with Crippen LogP contribution in [0, 0.1) is 0 Å². The lowest BCUT2D eigenvalue weighted by Crippen LogP contribution is -2.61. The molecule has 3 aromatic heterocycles. The number of rotatable bonds is 11. The summed E-state index contributed by atoms with van der Waals surface area (Å²) in [4.78, 5) is 15.6. The van der Waals surface area contributed by atoms with Crippen molar-refractivity contribution in [2.24, 2.45) is 0 Å². The van der Waals surface area contributed by atoms with E-state index in [1.54, 1.807) is 0 Å². The summed E-state index contributed by atoms with van der Waals surface area (Å²) in [6.45, 7) is -0.247. The van der Waals surface area contributed by atoms with Gasteiger partial charge in [-0.25, -0.2) is 0 Å². The zero-order valence-corrected chi connectivity index (χ0v) is 51.3.